The van der Waals surface area contributed by atoms with Gasteiger partial charge in [0.15, 0.2) is 5.96 Å². The molecule has 2 aliphatic heterocycles. The molecule has 2 aliphatic rings. The summed E-state index contributed by atoms with van der Waals surface area (Å²) in [6.45, 7) is 12.0. The molecule has 0 radical (unpaired) electrons. The number of hydrogen-bond donors (Lipinski definition) is 2. The van der Waals surface area contributed by atoms with Crippen LogP contribution in [-0.4, -0.2) is 100 Å². The zero-order valence-corrected chi connectivity index (χ0v) is 20.9. The number of rotatable bonds is 8. The average molecular weight is 544 g/mol. The lowest BCUT2D eigenvalue weighted by Gasteiger charge is -2.36. The van der Waals surface area contributed by atoms with Crippen molar-refractivity contribution in [2.45, 2.75) is 13.3 Å². The van der Waals surface area contributed by atoms with Crippen LogP contribution in [0.5, 0.6) is 0 Å². The lowest BCUT2D eigenvalue weighted by atomic mass is 10.2. The van der Waals surface area contributed by atoms with Crippen LogP contribution in [0.1, 0.15) is 13.3 Å². The molecule has 174 valence electrons. The highest BCUT2D eigenvalue weighted by Crippen LogP contribution is 2.15. The number of carbonyl (C=O) groups excluding carboxylic acids is 1. The smallest absolute Gasteiger partial charge is 0.224 e. The molecule has 8 nitrogen and oxygen atoms in total. The first-order chi connectivity index (χ1) is 14.8. The number of hydrogen-bond acceptors (Lipinski definition) is 5. The van der Waals surface area contributed by atoms with E-state index in [1.807, 2.05) is 11.0 Å². The van der Waals surface area contributed by atoms with Gasteiger partial charge >= 0.3 is 0 Å². The van der Waals surface area contributed by atoms with Crippen LogP contribution >= 0.6 is 24.0 Å². The lowest BCUT2D eigenvalue weighted by Crippen LogP contribution is -2.49. The van der Waals surface area contributed by atoms with Gasteiger partial charge in [-0.1, -0.05) is 18.2 Å². The number of aliphatic imine (C=N–C) groups is 1. The zero-order chi connectivity index (χ0) is 21.0. The van der Waals surface area contributed by atoms with Crippen molar-refractivity contribution in [2.75, 3.05) is 83.6 Å². The Morgan fingerprint density at radius 2 is 1.74 bits per heavy atom. The SMILES string of the molecule is CCNC(=NCCN1CCOCC1)NCCC(=O)N1CCN(c2ccccc2)CC1.I. The fourth-order valence-electron chi connectivity index (χ4n) is 3.77. The van der Waals surface area contributed by atoms with E-state index in [1.165, 1.54) is 5.69 Å². The number of piperazine rings is 1. The lowest BCUT2D eigenvalue weighted by molar-refractivity contribution is -0.131. The molecule has 2 fully saturated rings. The van der Waals surface area contributed by atoms with Gasteiger partial charge in [0.05, 0.1) is 19.8 Å². The van der Waals surface area contributed by atoms with E-state index in [2.05, 4.69) is 56.6 Å². The first-order valence-corrected chi connectivity index (χ1v) is 11.2. The van der Waals surface area contributed by atoms with Gasteiger partial charge in [-0.05, 0) is 19.1 Å². The number of guanidine groups is 1. The summed E-state index contributed by atoms with van der Waals surface area (Å²) in [4.78, 5) is 23.9. The van der Waals surface area contributed by atoms with E-state index in [9.17, 15) is 4.79 Å². The van der Waals surface area contributed by atoms with Gasteiger partial charge in [-0.15, -0.1) is 24.0 Å². The minimum absolute atomic E-state index is 0. The first kappa shape index (κ1) is 25.7. The van der Waals surface area contributed by atoms with Crippen molar-refractivity contribution in [3.63, 3.8) is 0 Å². The van der Waals surface area contributed by atoms with E-state index in [1.54, 1.807) is 0 Å². The van der Waals surface area contributed by atoms with Crippen LogP contribution in [0, 0.1) is 0 Å². The van der Waals surface area contributed by atoms with Gasteiger partial charge in [-0.2, -0.15) is 0 Å². The van der Waals surface area contributed by atoms with Crippen LogP contribution in [0.2, 0.25) is 0 Å². The monoisotopic (exact) mass is 544 g/mol. The number of morpholine rings is 1. The molecule has 31 heavy (non-hydrogen) atoms. The van der Waals surface area contributed by atoms with Crippen molar-refractivity contribution in [3.8, 4) is 0 Å². The van der Waals surface area contributed by atoms with Gasteiger partial charge in [-0.3, -0.25) is 14.7 Å². The molecule has 1 aromatic carbocycles. The van der Waals surface area contributed by atoms with Crippen molar-refractivity contribution in [3.05, 3.63) is 30.3 Å². The topological polar surface area (TPSA) is 72.4 Å². The molecule has 3 rings (SSSR count). The predicted molar refractivity (Wildman–Crippen MR) is 137 cm³/mol. The standard InChI is InChI=1S/C22H36N6O2.HI/c1-2-23-22(25-10-11-26-16-18-30-19-17-26)24-9-8-21(29)28-14-12-27(13-15-28)20-6-4-3-5-7-20;/h3-7H,2,8-19H2,1H3,(H2,23,24,25);1H. The van der Waals surface area contributed by atoms with Crippen LogP contribution in [0.3, 0.4) is 0 Å². The molecule has 0 aromatic heterocycles. The van der Waals surface area contributed by atoms with E-state index < -0.39 is 0 Å². The van der Waals surface area contributed by atoms with Crippen molar-refractivity contribution in [1.82, 2.24) is 20.4 Å². The van der Waals surface area contributed by atoms with E-state index in [0.29, 0.717) is 13.0 Å². The second kappa shape index (κ2) is 14.5. The van der Waals surface area contributed by atoms with Crippen molar-refractivity contribution in [1.29, 1.82) is 0 Å². The molecule has 2 N–H and O–H groups in total. The predicted octanol–water partition coefficient (Wildman–Crippen LogP) is 1.23. The van der Waals surface area contributed by atoms with Crippen LogP contribution < -0.4 is 15.5 Å². The summed E-state index contributed by atoms with van der Waals surface area (Å²) in [6, 6.07) is 10.4. The fourth-order valence-corrected chi connectivity index (χ4v) is 3.77. The molecule has 0 bridgehead atoms. The minimum atomic E-state index is 0. The van der Waals surface area contributed by atoms with Gasteiger partial charge in [0.25, 0.3) is 0 Å². The van der Waals surface area contributed by atoms with E-state index >= 15 is 0 Å². The normalized spacial score (nSPS) is 17.8. The maximum absolute atomic E-state index is 12.6. The van der Waals surface area contributed by atoms with Crippen molar-refractivity contribution < 1.29 is 9.53 Å². The molecule has 0 spiro atoms. The van der Waals surface area contributed by atoms with Crippen molar-refractivity contribution in [2.24, 2.45) is 4.99 Å². The van der Waals surface area contributed by atoms with Crippen LogP contribution in [0.15, 0.2) is 35.3 Å². The summed E-state index contributed by atoms with van der Waals surface area (Å²) in [5, 5.41) is 6.56. The van der Waals surface area contributed by atoms with Gasteiger partial charge in [0, 0.05) is 71.0 Å². The Morgan fingerprint density at radius 1 is 1.03 bits per heavy atom. The molecular weight excluding hydrogens is 507 g/mol. The fraction of sp³-hybridized carbons (Fsp3) is 0.636. The van der Waals surface area contributed by atoms with E-state index in [-0.39, 0.29) is 29.9 Å². The minimum Gasteiger partial charge on any atom is -0.379 e. The van der Waals surface area contributed by atoms with Gasteiger partial charge in [0.1, 0.15) is 0 Å². The Morgan fingerprint density at radius 3 is 2.42 bits per heavy atom. The molecule has 2 saturated heterocycles. The number of halogens is 1. The third-order valence-corrected chi connectivity index (χ3v) is 5.52. The van der Waals surface area contributed by atoms with E-state index in [4.69, 9.17) is 4.74 Å². The largest absolute Gasteiger partial charge is 0.379 e. The molecule has 9 heteroatoms. The zero-order valence-electron chi connectivity index (χ0n) is 18.6. The third kappa shape index (κ3) is 8.82. The Hall–Kier alpha value is -1.59. The van der Waals surface area contributed by atoms with Gasteiger partial charge < -0.3 is 25.2 Å². The van der Waals surface area contributed by atoms with Gasteiger partial charge in [0.2, 0.25) is 5.91 Å². The number of carbonyl (C=O) groups is 1. The molecule has 2 heterocycles. The highest BCUT2D eigenvalue weighted by molar-refractivity contribution is 14.0. The molecule has 1 aromatic rings. The Bertz CT molecular complexity index is 661. The van der Waals surface area contributed by atoms with Crippen LogP contribution in [-0.2, 0) is 9.53 Å². The molecular formula is C22H37IN6O2. The van der Waals surface area contributed by atoms with Crippen LogP contribution in [0.4, 0.5) is 5.69 Å². The summed E-state index contributed by atoms with van der Waals surface area (Å²) >= 11 is 0. The summed E-state index contributed by atoms with van der Waals surface area (Å²) in [6.07, 6.45) is 0.485. The van der Waals surface area contributed by atoms with E-state index in [0.717, 1.165) is 78.1 Å². The number of nitrogens with zero attached hydrogens (tertiary/aromatic N) is 4. The van der Waals surface area contributed by atoms with Crippen LogP contribution in [0.25, 0.3) is 0 Å². The maximum atomic E-state index is 12.6. The Balaban J connectivity index is 0.00000341. The first-order valence-electron chi connectivity index (χ1n) is 11.2. The number of anilines is 1. The highest BCUT2D eigenvalue weighted by Gasteiger charge is 2.20. The maximum Gasteiger partial charge on any atom is 0.224 e. The quantitative estimate of drug-likeness (QED) is 0.292. The Kier molecular flexibility index (Phi) is 12.0. The molecule has 0 atom stereocenters. The highest BCUT2D eigenvalue weighted by atomic mass is 127. The third-order valence-electron chi connectivity index (χ3n) is 5.52. The number of benzene rings is 1. The number of para-hydroxylation sites is 1. The summed E-state index contributed by atoms with van der Waals surface area (Å²) in [5.41, 5.74) is 1.23. The molecule has 0 saturated carbocycles. The number of ether oxygens (including phenoxy) is 1. The molecule has 0 unspecified atom stereocenters. The second-order valence-corrected chi connectivity index (χ2v) is 7.59. The summed E-state index contributed by atoms with van der Waals surface area (Å²) in [7, 11) is 0. The van der Waals surface area contributed by atoms with Gasteiger partial charge in [-0.25, -0.2) is 0 Å². The molecule has 1 amide bonds. The summed E-state index contributed by atoms with van der Waals surface area (Å²) < 4.78 is 5.38. The molecule has 0 aliphatic carbocycles. The second-order valence-electron chi connectivity index (χ2n) is 7.59. The Labute approximate surface area is 203 Å². The average Bonchev–Trinajstić information content (AvgIpc) is 2.80. The number of nitrogens with one attached hydrogen (secondary N) is 2. The van der Waals surface area contributed by atoms with Crippen molar-refractivity contribution >= 4 is 41.5 Å². The summed E-state index contributed by atoms with van der Waals surface area (Å²) in [5.74, 6) is 0.992. The number of amides is 1.